The first-order valence-electron chi connectivity index (χ1n) is 12.6. The van der Waals surface area contributed by atoms with E-state index >= 15 is 0 Å². The van der Waals surface area contributed by atoms with Crippen LogP contribution in [0.1, 0.15) is 46.5 Å². The SMILES string of the molecule is Cc1nc(N)ccc1CNC(=O)[C@@H]1CCc2cnc(NCC(c3cccc(Cl)c3)c3cccc(Cl)c3)c(=O)n21.Cl.Cl. The number of aromatic nitrogens is 3. The summed E-state index contributed by atoms with van der Waals surface area (Å²) < 4.78 is 1.55. The van der Waals surface area contributed by atoms with Gasteiger partial charge in [0.15, 0.2) is 5.82 Å². The maximum absolute atomic E-state index is 13.5. The maximum Gasteiger partial charge on any atom is 0.294 e. The topological polar surface area (TPSA) is 115 Å². The molecule has 0 radical (unpaired) electrons. The molecule has 2 aromatic carbocycles. The molecule has 0 bridgehead atoms. The minimum Gasteiger partial charge on any atom is -0.384 e. The number of nitrogens with one attached hydrogen (secondary N) is 2. The predicted octanol–water partition coefficient (Wildman–Crippen LogP) is 5.73. The van der Waals surface area contributed by atoms with Crippen LogP contribution < -0.4 is 21.9 Å². The number of carbonyl (C=O) groups is 1. The number of benzene rings is 2. The lowest BCUT2D eigenvalue weighted by Crippen LogP contribution is -2.36. The lowest BCUT2D eigenvalue weighted by Gasteiger charge is -2.20. The quantitative estimate of drug-likeness (QED) is 0.228. The zero-order valence-corrected chi connectivity index (χ0v) is 25.3. The molecular formula is C29H30Cl4N6O2. The van der Waals surface area contributed by atoms with Gasteiger partial charge in [0.1, 0.15) is 11.9 Å². The number of amides is 1. The molecule has 41 heavy (non-hydrogen) atoms. The summed E-state index contributed by atoms with van der Waals surface area (Å²) in [5, 5.41) is 7.41. The molecule has 3 heterocycles. The second-order valence-electron chi connectivity index (χ2n) is 9.57. The third-order valence-corrected chi connectivity index (χ3v) is 7.48. The second-order valence-corrected chi connectivity index (χ2v) is 10.4. The highest BCUT2D eigenvalue weighted by atomic mass is 35.5. The third kappa shape index (κ3) is 7.32. The molecule has 12 heteroatoms. The number of rotatable bonds is 8. The van der Waals surface area contributed by atoms with Crippen molar-refractivity contribution in [3.8, 4) is 0 Å². The predicted molar refractivity (Wildman–Crippen MR) is 169 cm³/mol. The van der Waals surface area contributed by atoms with E-state index in [0.29, 0.717) is 41.8 Å². The Labute approximate surface area is 260 Å². The Bertz CT molecular complexity index is 1550. The standard InChI is InChI=1S/C29H28Cl2N6O2.2ClH/c1-17-20(8-11-26(32)36-17)14-35-28(38)25-10-9-23-15-33-27(29(39)37(23)25)34-16-24(18-4-2-6-21(30)12-18)19-5-3-7-22(31)13-19;;/h2-8,11-13,15,24-25H,9-10,14,16H2,1H3,(H2,32,36)(H,33,34)(H,35,38);2*1H/t25-;;/m0../s1. The van der Waals surface area contributed by atoms with Crippen LogP contribution in [0.15, 0.2) is 71.7 Å². The first kappa shape index (κ1) is 32.2. The molecule has 1 aliphatic rings. The van der Waals surface area contributed by atoms with Crippen LogP contribution in [-0.2, 0) is 17.8 Å². The summed E-state index contributed by atoms with van der Waals surface area (Å²) in [6.07, 6.45) is 2.79. The lowest BCUT2D eigenvalue weighted by molar-refractivity contribution is -0.124. The fraction of sp³-hybridized carbons (Fsp3) is 0.241. The average Bonchev–Trinajstić information content (AvgIpc) is 3.35. The van der Waals surface area contributed by atoms with Crippen molar-refractivity contribution >= 4 is 65.6 Å². The number of hydrogen-bond donors (Lipinski definition) is 3. The van der Waals surface area contributed by atoms with Gasteiger partial charge in [-0.3, -0.25) is 14.2 Å². The molecule has 0 aliphatic carbocycles. The molecule has 216 valence electrons. The van der Waals surface area contributed by atoms with Gasteiger partial charge in [-0.15, -0.1) is 24.8 Å². The van der Waals surface area contributed by atoms with E-state index in [-0.39, 0.29) is 48.0 Å². The third-order valence-electron chi connectivity index (χ3n) is 7.01. The maximum atomic E-state index is 13.5. The number of nitrogen functional groups attached to an aromatic ring is 1. The summed E-state index contributed by atoms with van der Waals surface area (Å²) in [5.74, 6) is 0.253. The van der Waals surface area contributed by atoms with Crippen LogP contribution >= 0.6 is 48.0 Å². The van der Waals surface area contributed by atoms with Gasteiger partial charge in [0, 0.05) is 46.6 Å². The molecule has 1 amide bonds. The zero-order chi connectivity index (χ0) is 27.5. The monoisotopic (exact) mass is 634 g/mol. The number of halogens is 4. The summed E-state index contributed by atoms with van der Waals surface area (Å²) in [6, 6.07) is 18.1. The largest absolute Gasteiger partial charge is 0.384 e. The molecule has 4 aromatic rings. The van der Waals surface area contributed by atoms with Crippen LogP contribution in [0.2, 0.25) is 10.0 Å². The highest BCUT2D eigenvalue weighted by molar-refractivity contribution is 6.31. The Kier molecular flexibility index (Phi) is 11.0. The average molecular weight is 636 g/mol. The van der Waals surface area contributed by atoms with Gasteiger partial charge < -0.3 is 16.4 Å². The first-order chi connectivity index (χ1) is 18.8. The van der Waals surface area contributed by atoms with Gasteiger partial charge in [0.05, 0.1) is 0 Å². The minimum atomic E-state index is -0.616. The summed E-state index contributed by atoms with van der Waals surface area (Å²) in [5.41, 5.74) is 9.71. The molecule has 1 aliphatic heterocycles. The Morgan fingerprint density at radius 3 is 2.34 bits per heavy atom. The number of aryl methyl sites for hydroxylation is 2. The fourth-order valence-electron chi connectivity index (χ4n) is 4.98. The smallest absolute Gasteiger partial charge is 0.294 e. The van der Waals surface area contributed by atoms with Crippen molar-refractivity contribution in [1.29, 1.82) is 0 Å². The molecular weight excluding hydrogens is 606 g/mol. The number of anilines is 2. The lowest BCUT2D eigenvalue weighted by atomic mass is 9.91. The van der Waals surface area contributed by atoms with Crippen LogP contribution in [0.25, 0.3) is 0 Å². The van der Waals surface area contributed by atoms with Crippen molar-refractivity contribution in [2.45, 2.75) is 38.3 Å². The van der Waals surface area contributed by atoms with Crippen LogP contribution in [0.3, 0.4) is 0 Å². The van der Waals surface area contributed by atoms with Crippen LogP contribution in [0.5, 0.6) is 0 Å². The number of nitrogens with two attached hydrogens (primary N) is 1. The van der Waals surface area contributed by atoms with Gasteiger partial charge in [0.2, 0.25) is 5.91 Å². The van der Waals surface area contributed by atoms with Crippen LogP contribution in [-0.4, -0.2) is 27.0 Å². The van der Waals surface area contributed by atoms with Crippen molar-refractivity contribution < 1.29 is 4.79 Å². The molecule has 8 nitrogen and oxygen atoms in total. The minimum absolute atomic E-state index is 0. The van der Waals surface area contributed by atoms with Crippen molar-refractivity contribution in [2.75, 3.05) is 17.6 Å². The van der Waals surface area contributed by atoms with Gasteiger partial charge in [-0.1, -0.05) is 53.5 Å². The zero-order valence-electron chi connectivity index (χ0n) is 22.1. The van der Waals surface area contributed by atoms with E-state index in [1.54, 1.807) is 16.8 Å². The molecule has 0 fully saturated rings. The Morgan fingerprint density at radius 2 is 1.73 bits per heavy atom. The van der Waals surface area contributed by atoms with E-state index in [2.05, 4.69) is 20.6 Å². The van der Waals surface area contributed by atoms with Crippen LogP contribution in [0.4, 0.5) is 11.6 Å². The van der Waals surface area contributed by atoms with E-state index in [1.807, 2.05) is 61.5 Å². The molecule has 5 rings (SSSR count). The van der Waals surface area contributed by atoms with Gasteiger partial charge in [-0.25, -0.2) is 9.97 Å². The summed E-state index contributed by atoms with van der Waals surface area (Å²) in [7, 11) is 0. The fourth-order valence-corrected chi connectivity index (χ4v) is 5.38. The molecule has 0 unspecified atom stereocenters. The van der Waals surface area contributed by atoms with Crippen molar-refractivity contribution in [2.24, 2.45) is 0 Å². The number of nitrogens with zero attached hydrogens (tertiary/aromatic N) is 3. The molecule has 4 N–H and O–H groups in total. The molecule has 0 saturated heterocycles. The Morgan fingerprint density at radius 1 is 1.07 bits per heavy atom. The highest BCUT2D eigenvalue weighted by Gasteiger charge is 2.31. The Balaban J connectivity index is 0.00000231. The van der Waals surface area contributed by atoms with Gasteiger partial charge >= 0.3 is 0 Å². The van der Waals surface area contributed by atoms with Crippen molar-refractivity contribution in [3.05, 3.63) is 115 Å². The molecule has 1 atom stereocenters. The Hall–Kier alpha value is -3.30. The van der Waals surface area contributed by atoms with E-state index in [1.165, 1.54) is 0 Å². The number of hydrogen-bond acceptors (Lipinski definition) is 6. The van der Waals surface area contributed by atoms with E-state index in [9.17, 15) is 9.59 Å². The van der Waals surface area contributed by atoms with Crippen molar-refractivity contribution in [1.82, 2.24) is 19.9 Å². The summed E-state index contributed by atoms with van der Waals surface area (Å²) >= 11 is 12.6. The van der Waals surface area contributed by atoms with E-state index < -0.39 is 6.04 Å². The van der Waals surface area contributed by atoms with E-state index in [0.717, 1.165) is 28.1 Å². The van der Waals surface area contributed by atoms with Crippen molar-refractivity contribution in [3.63, 3.8) is 0 Å². The summed E-state index contributed by atoms with van der Waals surface area (Å²) in [4.78, 5) is 35.3. The molecule has 0 saturated carbocycles. The second kappa shape index (κ2) is 14.0. The van der Waals surface area contributed by atoms with Gasteiger partial charge in [-0.2, -0.15) is 0 Å². The number of fused-ring (bicyclic) bond motifs is 1. The summed E-state index contributed by atoms with van der Waals surface area (Å²) in [6.45, 7) is 2.52. The molecule has 2 aromatic heterocycles. The van der Waals surface area contributed by atoms with E-state index in [4.69, 9.17) is 28.9 Å². The highest BCUT2D eigenvalue weighted by Crippen LogP contribution is 2.29. The van der Waals surface area contributed by atoms with Gasteiger partial charge in [-0.05, 0) is 66.8 Å². The van der Waals surface area contributed by atoms with Crippen LogP contribution in [0, 0.1) is 6.92 Å². The van der Waals surface area contributed by atoms with Gasteiger partial charge in [0.25, 0.3) is 5.56 Å². The molecule has 0 spiro atoms. The normalized spacial score (nSPS) is 13.6. The first-order valence-corrected chi connectivity index (χ1v) is 13.4. The number of carbonyl (C=O) groups excluding carboxylic acids is 1. The number of pyridine rings is 1.